The molecule has 1 aliphatic heterocycles. The number of benzene rings is 1. The summed E-state index contributed by atoms with van der Waals surface area (Å²) in [6.45, 7) is 4.46. The van der Waals surface area contributed by atoms with Crippen molar-refractivity contribution in [2.24, 2.45) is 0 Å². The normalized spacial score (nSPS) is 14.2. The molecule has 0 spiro atoms. The van der Waals surface area contributed by atoms with E-state index in [1.54, 1.807) is 23.2 Å². The topological polar surface area (TPSA) is 74.5 Å². The summed E-state index contributed by atoms with van der Waals surface area (Å²) in [7, 11) is 0. The summed E-state index contributed by atoms with van der Waals surface area (Å²) in [4.78, 5) is 25.2. The molecule has 144 valence electrons. The van der Waals surface area contributed by atoms with Crippen LogP contribution >= 0.6 is 11.6 Å². The van der Waals surface area contributed by atoms with E-state index in [-0.39, 0.29) is 5.91 Å². The molecule has 0 aliphatic carbocycles. The number of rotatable bonds is 4. The van der Waals surface area contributed by atoms with Gasteiger partial charge in [0.15, 0.2) is 5.76 Å². The third kappa shape index (κ3) is 3.94. The van der Waals surface area contributed by atoms with Crippen LogP contribution in [0.25, 0.3) is 0 Å². The molecule has 2 aromatic heterocycles. The highest BCUT2D eigenvalue weighted by Gasteiger charge is 2.24. The zero-order chi connectivity index (χ0) is 19.5. The van der Waals surface area contributed by atoms with E-state index in [0.717, 1.165) is 11.3 Å². The fraction of sp³-hybridized carbons (Fsp3) is 0.250. The van der Waals surface area contributed by atoms with Gasteiger partial charge in [-0.15, -0.1) is 0 Å². The Morgan fingerprint density at radius 1 is 1.18 bits per heavy atom. The third-order valence-electron chi connectivity index (χ3n) is 4.67. The molecule has 1 fully saturated rings. The molecule has 1 amide bonds. The summed E-state index contributed by atoms with van der Waals surface area (Å²) in [6, 6.07) is 11.0. The number of aryl methyl sites for hydroxylation is 1. The van der Waals surface area contributed by atoms with E-state index in [2.05, 4.69) is 20.2 Å². The summed E-state index contributed by atoms with van der Waals surface area (Å²) < 4.78 is 5.20. The van der Waals surface area contributed by atoms with Crippen LogP contribution in [0.1, 0.15) is 16.1 Å². The van der Waals surface area contributed by atoms with Crippen LogP contribution in [-0.2, 0) is 0 Å². The minimum absolute atomic E-state index is 0.0859. The molecule has 7 nitrogen and oxygen atoms in total. The smallest absolute Gasteiger partial charge is 0.289 e. The largest absolute Gasteiger partial charge is 0.459 e. The molecule has 0 bridgehead atoms. The Kier molecular flexibility index (Phi) is 5.16. The van der Waals surface area contributed by atoms with E-state index >= 15 is 0 Å². The average molecular weight is 398 g/mol. The summed E-state index contributed by atoms with van der Waals surface area (Å²) in [6.07, 6.45) is 3.23. The standard InChI is InChI=1S/C20H20ClN5O2/c1-14-4-5-15(13-16(14)21)23-18-6-7-22-20(24-18)26-10-8-25(9-11-26)19(27)17-3-2-12-28-17/h2-7,12-13H,8-11H2,1H3,(H,22,23,24). The highest BCUT2D eigenvalue weighted by Crippen LogP contribution is 2.23. The van der Waals surface area contributed by atoms with Crippen LogP contribution in [0.4, 0.5) is 17.5 Å². The van der Waals surface area contributed by atoms with Gasteiger partial charge in [-0.3, -0.25) is 4.79 Å². The fourth-order valence-electron chi connectivity index (χ4n) is 3.05. The van der Waals surface area contributed by atoms with Crippen molar-refractivity contribution in [1.29, 1.82) is 0 Å². The molecule has 1 saturated heterocycles. The van der Waals surface area contributed by atoms with Crippen molar-refractivity contribution in [2.75, 3.05) is 36.4 Å². The van der Waals surface area contributed by atoms with Gasteiger partial charge in [0.2, 0.25) is 5.95 Å². The molecule has 3 aromatic rings. The second-order valence-corrected chi connectivity index (χ2v) is 6.99. The molecule has 0 unspecified atom stereocenters. The van der Waals surface area contributed by atoms with Crippen molar-refractivity contribution in [3.05, 3.63) is 65.2 Å². The number of carbonyl (C=O) groups excluding carboxylic acids is 1. The third-order valence-corrected chi connectivity index (χ3v) is 5.08. The number of nitrogens with zero attached hydrogens (tertiary/aromatic N) is 4. The van der Waals surface area contributed by atoms with Crippen LogP contribution < -0.4 is 10.2 Å². The van der Waals surface area contributed by atoms with Crippen LogP contribution in [0.2, 0.25) is 5.02 Å². The molecule has 28 heavy (non-hydrogen) atoms. The number of amides is 1. The number of carbonyl (C=O) groups is 1. The Bertz CT molecular complexity index is 968. The first-order chi connectivity index (χ1) is 13.6. The van der Waals surface area contributed by atoms with E-state index in [1.165, 1.54) is 6.26 Å². The monoisotopic (exact) mass is 397 g/mol. The number of furan rings is 1. The second-order valence-electron chi connectivity index (χ2n) is 6.59. The molecular weight excluding hydrogens is 378 g/mol. The van der Waals surface area contributed by atoms with Gasteiger partial charge in [0.1, 0.15) is 5.82 Å². The summed E-state index contributed by atoms with van der Waals surface area (Å²) in [5.74, 6) is 1.61. The molecule has 0 saturated carbocycles. The Balaban J connectivity index is 1.41. The van der Waals surface area contributed by atoms with Gasteiger partial charge < -0.3 is 19.5 Å². The molecule has 3 heterocycles. The van der Waals surface area contributed by atoms with Gasteiger partial charge in [-0.25, -0.2) is 4.98 Å². The van der Waals surface area contributed by atoms with Crippen molar-refractivity contribution in [3.63, 3.8) is 0 Å². The highest BCUT2D eigenvalue weighted by atomic mass is 35.5. The van der Waals surface area contributed by atoms with Gasteiger partial charge in [-0.1, -0.05) is 17.7 Å². The number of nitrogens with one attached hydrogen (secondary N) is 1. The van der Waals surface area contributed by atoms with E-state index in [4.69, 9.17) is 16.0 Å². The summed E-state index contributed by atoms with van der Waals surface area (Å²) >= 11 is 6.19. The maximum Gasteiger partial charge on any atom is 0.289 e. The first-order valence-electron chi connectivity index (χ1n) is 9.04. The van der Waals surface area contributed by atoms with Crippen LogP contribution in [0, 0.1) is 6.92 Å². The Hall–Kier alpha value is -3.06. The molecule has 4 rings (SSSR count). The number of hydrogen-bond donors (Lipinski definition) is 1. The minimum atomic E-state index is -0.0859. The molecule has 1 aliphatic rings. The highest BCUT2D eigenvalue weighted by molar-refractivity contribution is 6.31. The van der Waals surface area contributed by atoms with Gasteiger partial charge in [-0.05, 0) is 42.8 Å². The van der Waals surface area contributed by atoms with Gasteiger partial charge >= 0.3 is 0 Å². The average Bonchev–Trinajstić information content (AvgIpc) is 3.25. The molecule has 1 aromatic carbocycles. The Morgan fingerprint density at radius 2 is 2.00 bits per heavy atom. The lowest BCUT2D eigenvalue weighted by Crippen LogP contribution is -2.49. The van der Waals surface area contributed by atoms with Crippen molar-refractivity contribution < 1.29 is 9.21 Å². The first-order valence-corrected chi connectivity index (χ1v) is 9.42. The number of piperazine rings is 1. The number of halogens is 1. The SMILES string of the molecule is Cc1ccc(Nc2ccnc(N3CCN(C(=O)c4ccco4)CC3)n2)cc1Cl. The predicted molar refractivity (Wildman–Crippen MR) is 108 cm³/mol. The molecule has 8 heteroatoms. The maximum atomic E-state index is 12.4. The van der Waals surface area contributed by atoms with Crippen molar-refractivity contribution in [3.8, 4) is 0 Å². The zero-order valence-corrected chi connectivity index (χ0v) is 16.2. The summed E-state index contributed by atoms with van der Waals surface area (Å²) in [5.41, 5.74) is 1.90. The van der Waals surface area contributed by atoms with Gasteiger partial charge in [-0.2, -0.15) is 4.98 Å². The van der Waals surface area contributed by atoms with Crippen molar-refractivity contribution >= 4 is 35.0 Å². The predicted octanol–water partition coefficient (Wildman–Crippen LogP) is 3.74. The Morgan fingerprint density at radius 3 is 2.71 bits per heavy atom. The number of hydrogen-bond acceptors (Lipinski definition) is 6. The van der Waals surface area contributed by atoms with E-state index in [1.807, 2.05) is 31.2 Å². The van der Waals surface area contributed by atoms with E-state index in [9.17, 15) is 4.79 Å². The fourth-order valence-corrected chi connectivity index (χ4v) is 3.24. The number of anilines is 3. The van der Waals surface area contributed by atoms with Gasteiger partial charge in [0, 0.05) is 43.1 Å². The van der Waals surface area contributed by atoms with Gasteiger partial charge in [0.25, 0.3) is 5.91 Å². The lowest BCUT2D eigenvalue weighted by Gasteiger charge is -2.34. The Labute approximate surface area is 167 Å². The maximum absolute atomic E-state index is 12.4. The molecular formula is C20H20ClN5O2. The minimum Gasteiger partial charge on any atom is -0.459 e. The van der Waals surface area contributed by atoms with Crippen LogP contribution in [0.3, 0.4) is 0 Å². The molecule has 0 atom stereocenters. The quantitative estimate of drug-likeness (QED) is 0.722. The van der Waals surface area contributed by atoms with Crippen LogP contribution in [0.15, 0.2) is 53.3 Å². The number of aromatic nitrogens is 2. The molecule has 1 N–H and O–H groups in total. The van der Waals surface area contributed by atoms with Crippen LogP contribution in [0.5, 0.6) is 0 Å². The van der Waals surface area contributed by atoms with Crippen LogP contribution in [-0.4, -0.2) is 47.0 Å². The zero-order valence-electron chi connectivity index (χ0n) is 15.4. The van der Waals surface area contributed by atoms with Crippen molar-refractivity contribution in [2.45, 2.75) is 6.92 Å². The lowest BCUT2D eigenvalue weighted by molar-refractivity contribution is 0.0714. The summed E-state index contributed by atoms with van der Waals surface area (Å²) in [5, 5.41) is 3.96. The first kappa shape index (κ1) is 18.3. The molecule has 0 radical (unpaired) electrons. The van der Waals surface area contributed by atoms with E-state index < -0.39 is 0 Å². The lowest BCUT2D eigenvalue weighted by atomic mass is 10.2. The van der Waals surface area contributed by atoms with Gasteiger partial charge in [0.05, 0.1) is 6.26 Å². The van der Waals surface area contributed by atoms with Crippen molar-refractivity contribution in [1.82, 2.24) is 14.9 Å². The second kappa shape index (κ2) is 7.90. The van der Waals surface area contributed by atoms with E-state index in [0.29, 0.717) is 48.7 Å².